The molecule has 0 aromatic heterocycles. The molecule has 0 amide bonds. The maximum absolute atomic E-state index is 13.0. The summed E-state index contributed by atoms with van der Waals surface area (Å²) in [6, 6.07) is 27.4. The van der Waals surface area contributed by atoms with Gasteiger partial charge in [0.15, 0.2) is 0 Å². The van der Waals surface area contributed by atoms with Crippen molar-refractivity contribution in [2.24, 2.45) is 5.41 Å². The number of aryl methyl sites for hydroxylation is 1. The molecule has 3 aromatic rings. The Labute approximate surface area is 180 Å². The molecule has 1 N–H and O–H groups in total. The molecule has 30 heavy (non-hydrogen) atoms. The number of rotatable bonds is 10. The molecule has 3 aromatic carbocycles. The van der Waals surface area contributed by atoms with Crippen LogP contribution in [0.3, 0.4) is 0 Å². The van der Waals surface area contributed by atoms with Gasteiger partial charge in [-0.25, -0.2) is 13.1 Å². The number of hydrogen-bond donors (Lipinski definition) is 1. The van der Waals surface area contributed by atoms with Crippen LogP contribution in [-0.2, 0) is 22.9 Å². The van der Waals surface area contributed by atoms with Gasteiger partial charge in [-0.05, 0) is 54.9 Å². The number of allylic oxidation sites excluding steroid dienone is 1. The molecular weight excluding hydrogens is 390 g/mol. The normalized spacial score (nSPS) is 11.9. The highest BCUT2D eigenvalue weighted by Crippen LogP contribution is 2.32. The van der Waals surface area contributed by atoms with Gasteiger partial charge in [0.2, 0.25) is 10.0 Å². The first-order valence-corrected chi connectivity index (χ1v) is 11.7. The maximum Gasteiger partial charge on any atom is 0.240 e. The molecular formula is C26H29NO2S. The maximum atomic E-state index is 13.0. The fourth-order valence-corrected chi connectivity index (χ4v) is 4.97. The highest BCUT2D eigenvalue weighted by Gasteiger charge is 2.31. The minimum Gasteiger partial charge on any atom is -0.211 e. The Bertz CT molecular complexity index is 1000. The van der Waals surface area contributed by atoms with E-state index in [0.29, 0.717) is 17.9 Å². The zero-order chi connectivity index (χ0) is 21.5. The quantitative estimate of drug-likeness (QED) is 0.452. The van der Waals surface area contributed by atoms with Crippen LogP contribution in [0.25, 0.3) is 0 Å². The van der Waals surface area contributed by atoms with Gasteiger partial charge in [0, 0.05) is 6.54 Å². The van der Waals surface area contributed by atoms with Crippen LogP contribution in [0, 0.1) is 12.3 Å². The molecule has 4 heteroatoms. The molecule has 0 fully saturated rings. The lowest BCUT2D eigenvalue weighted by atomic mass is 9.74. The summed E-state index contributed by atoms with van der Waals surface area (Å²) in [5, 5.41) is 0. The zero-order valence-corrected chi connectivity index (χ0v) is 18.2. The van der Waals surface area contributed by atoms with Gasteiger partial charge in [-0.3, -0.25) is 0 Å². The van der Waals surface area contributed by atoms with Gasteiger partial charge in [0.1, 0.15) is 0 Å². The van der Waals surface area contributed by atoms with Crippen molar-refractivity contribution in [3.63, 3.8) is 0 Å². The van der Waals surface area contributed by atoms with Crippen LogP contribution in [-0.4, -0.2) is 15.0 Å². The first-order valence-electron chi connectivity index (χ1n) is 10.2. The number of hydrogen-bond acceptors (Lipinski definition) is 2. The van der Waals surface area contributed by atoms with E-state index in [0.717, 1.165) is 18.4 Å². The smallest absolute Gasteiger partial charge is 0.211 e. The summed E-state index contributed by atoms with van der Waals surface area (Å²) in [6.07, 6.45) is 4.11. The third-order valence-electron chi connectivity index (χ3n) is 5.39. The van der Waals surface area contributed by atoms with E-state index in [9.17, 15) is 8.42 Å². The molecule has 0 spiro atoms. The van der Waals surface area contributed by atoms with Crippen LogP contribution in [0.1, 0.15) is 23.1 Å². The molecule has 0 unspecified atom stereocenters. The minimum atomic E-state index is -3.60. The van der Waals surface area contributed by atoms with E-state index in [1.54, 1.807) is 12.1 Å². The number of sulfonamides is 1. The Morgan fingerprint density at radius 2 is 1.33 bits per heavy atom. The monoisotopic (exact) mass is 419 g/mol. The van der Waals surface area contributed by atoms with Gasteiger partial charge in [-0.2, -0.15) is 0 Å². The van der Waals surface area contributed by atoms with Crippen LogP contribution in [0.5, 0.6) is 0 Å². The molecule has 0 bridgehead atoms. The second-order valence-electron chi connectivity index (χ2n) is 7.96. The van der Waals surface area contributed by atoms with Crippen LogP contribution in [0.2, 0.25) is 0 Å². The second kappa shape index (κ2) is 9.88. The van der Waals surface area contributed by atoms with Crippen molar-refractivity contribution in [1.29, 1.82) is 0 Å². The Balaban J connectivity index is 1.90. The highest BCUT2D eigenvalue weighted by molar-refractivity contribution is 7.89. The van der Waals surface area contributed by atoms with Gasteiger partial charge >= 0.3 is 0 Å². The zero-order valence-electron chi connectivity index (χ0n) is 17.4. The summed E-state index contributed by atoms with van der Waals surface area (Å²) >= 11 is 0. The van der Waals surface area contributed by atoms with Crippen molar-refractivity contribution >= 4 is 10.0 Å². The van der Waals surface area contributed by atoms with E-state index in [1.165, 1.54) is 11.1 Å². The largest absolute Gasteiger partial charge is 0.240 e. The third-order valence-corrected chi connectivity index (χ3v) is 6.81. The summed E-state index contributed by atoms with van der Waals surface area (Å²) in [5.41, 5.74) is 3.08. The van der Waals surface area contributed by atoms with E-state index in [4.69, 9.17) is 0 Å². The predicted octanol–water partition coefficient (Wildman–Crippen LogP) is 5.32. The van der Waals surface area contributed by atoms with Crippen molar-refractivity contribution in [3.8, 4) is 0 Å². The van der Waals surface area contributed by atoms with Gasteiger partial charge in [-0.1, -0.05) is 84.4 Å². The van der Waals surface area contributed by atoms with Crippen molar-refractivity contribution in [3.05, 3.63) is 114 Å². The first kappa shape index (κ1) is 22.0. The molecule has 0 aliphatic carbocycles. The fraction of sp³-hybridized carbons (Fsp3) is 0.231. The minimum absolute atomic E-state index is 0.292. The summed E-state index contributed by atoms with van der Waals surface area (Å²) < 4.78 is 28.8. The van der Waals surface area contributed by atoms with E-state index >= 15 is 0 Å². The van der Waals surface area contributed by atoms with Gasteiger partial charge in [0.05, 0.1) is 4.90 Å². The summed E-state index contributed by atoms with van der Waals surface area (Å²) in [4.78, 5) is 0.292. The predicted molar refractivity (Wildman–Crippen MR) is 124 cm³/mol. The molecule has 0 aliphatic rings. The standard InChI is InChI=1S/C26H29NO2S/c1-3-18-26(19-23-10-6-4-7-11-23,20-24-12-8-5-9-13-24)21-27-30(28,29)25-16-14-22(2)15-17-25/h3-17,27H,1,18-21H2,2H3. The van der Waals surface area contributed by atoms with Gasteiger partial charge in [-0.15, -0.1) is 6.58 Å². The van der Waals surface area contributed by atoms with Gasteiger partial charge in [0.25, 0.3) is 0 Å². The lowest BCUT2D eigenvalue weighted by Crippen LogP contribution is -2.40. The lowest BCUT2D eigenvalue weighted by molar-refractivity contribution is 0.285. The van der Waals surface area contributed by atoms with Crippen molar-refractivity contribution in [2.75, 3.05) is 6.54 Å². The summed E-state index contributed by atoms with van der Waals surface area (Å²) in [6.45, 7) is 6.24. The average Bonchev–Trinajstić information content (AvgIpc) is 2.74. The lowest BCUT2D eigenvalue weighted by Gasteiger charge is -2.34. The molecule has 3 nitrogen and oxygen atoms in total. The molecule has 0 atom stereocenters. The Morgan fingerprint density at radius 3 is 1.80 bits per heavy atom. The topological polar surface area (TPSA) is 46.2 Å². The Kier molecular flexibility index (Phi) is 7.24. The van der Waals surface area contributed by atoms with E-state index in [2.05, 4.69) is 35.6 Å². The fourth-order valence-electron chi connectivity index (χ4n) is 3.82. The molecule has 0 aliphatic heterocycles. The van der Waals surface area contributed by atoms with Gasteiger partial charge < -0.3 is 0 Å². The van der Waals surface area contributed by atoms with Crippen LogP contribution in [0.15, 0.2) is 102 Å². The molecule has 156 valence electrons. The van der Waals surface area contributed by atoms with Crippen molar-refractivity contribution in [1.82, 2.24) is 4.72 Å². The average molecular weight is 420 g/mol. The number of nitrogens with one attached hydrogen (secondary N) is 1. The summed E-state index contributed by atoms with van der Waals surface area (Å²) in [7, 11) is -3.60. The second-order valence-corrected chi connectivity index (χ2v) is 9.72. The van der Waals surface area contributed by atoms with Crippen LogP contribution < -0.4 is 4.72 Å². The number of benzene rings is 3. The Hall–Kier alpha value is -2.69. The van der Waals surface area contributed by atoms with Crippen molar-refractivity contribution in [2.45, 2.75) is 31.1 Å². The first-order chi connectivity index (χ1) is 14.4. The molecule has 0 heterocycles. The SMILES string of the molecule is C=CCC(CNS(=O)(=O)c1ccc(C)cc1)(Cc1ccccc1)Cc1ccccc1. The van der Waals surface area contributed by atoms with E-state index < -0.39 is 10.0 Å². The van der Waals surface area contributed by atoms with Crippen LogP contribution in [0.4, 0.5) is 0 Å². The molecule has 0 saturated carbocycles. The van der Waals surface area contributed by atoms with Crippen molar-refractivity contribution < 1.29 is 8.42 Å². The Morgan fingerprint density at radius 1 is 0.833 bits per heavy atom. The van der Waals surface area contributed by atoms with E-state index in [1.807, 2.05) is 61.5 Å². The molecule has 0 radical (unpaired) electrons. The molecule has 3 rings (SSSR count). The third kappa shape index (κ3) is 5.91. The van der Waals surface area contributed by atoms with Crippen LogP contribution >= 0.6 is 0 Å². The highest BCUT2D eigenvalue weighted by atomic mass is 32.2. The molecule has 0 saturated heterocycles. The van der Waals surface area contributed by atoms with E-state index in [-0.39, 0.29) is 5.41 Å². The summed E-state index contributed by atoms with van der Waals surface area (Å²) in [5.74, 6) is 0.